The average Bonchev–Trinajstić information content (AvgIpc) is 2.86. The molecule has 0 bridgehead atoms. The van der Waals surface area contributed by atoms with Gasteiger partial charge in [-0.2, -0.15) is 0 Å². The second-order valence-electron chi connectivity index (χ2n) is 8.32. The number of rotatable bonds is 9. The van der Waals surface area contributed by atoms with Crippen LogP contribution in [0.1, 0.15) is 22.3 Å². The van der Waals surface area contributed by atoms with E-state index in [-0.39, 0.29) is 29.7 Å². The van der Waals surface area contributed by atoms with E-state index in [1.807, 2.05) is 6.26 Å². The smallest absolute Gasteiger partial charge is 0.255 e. The van der Waals surface area contributed by atoms with Crippen molar-refractivity contribution in [2.45, 2.75) is 42.0 Å². The topological polar surface area (TPSA) is 171 Å². The van der Waals surface area contributed by atoms with Crippen molar-refractivity contribution in [3.63, 3.8) is 0 Å². The Morgan fingerprint density at radius 2 is 1.83 bits per heavy atom. The van der Waals surface area contributed by atoms with E-state index in [0.717, 1.165) is 4.90 Å². The molecule has 1 aliphatic rings. The van der Waals surface area contributed by atoms with E-state index in [1.54, 1.807) is 30.3 Å². The number of amides is 3. The molecule has 0 aliphatic heterocycles. The summed E-state index contributed by atoms with van der Waals surface area (Å²) < 4.78 is 5.30. The second kappa shape index (κ2) is 11.9. The Hall–Kier alpha value is -3.54. The van der Waals surface area contributed by atoms with E-state index in [0.29, 0.717) is 11.3 Å². The Balaban J connectivity index is 1.76. The lowest BCUT2D eigenvalue weighted by Gasteiger charge is -2.31. The van der Waals surface area contributed by atoms with Gasteiger partial charge < -0.3 is 36.4 Å². The van der Waals surface area contributed by atoms with E-state index in [4.69, 9.17) is 10.5 Å². The zero-order valence-corrected chi connectivity index (χ0v) is 20.6. The second-order valence-corrected chi connectivity index (χ2v) is 9.20. The van der Waals surface area contributed by atoms with E-state index < -0.39 is 42.0 Å². The summed E-state index contributed by atoms with van der Waals surface area (Å²) in [5, 5.41) is 35.4. The average molecular weight is 516 g/mol. The highest BCUT2D eigenvalue weighted by Gasteiger charge is 2.35. The van der Waals surface area contributed by atoms with Gasteiger partial charge in [-0.25, -0.2) is 0 Å². The number of methoxy groups -OCH3 is 1. The summed E-state index contributed by atoms with van der Waals surface area (Å²) in [5.41, 5.74) is 6.44. The molecule has 3 rings (SSSR count). The maximum Gasteiger partial charge on any atom is 0.255 e. The third kappa shape index (κ3) is 6.56. The van der Waals surface area contributed by atoms with Crippen LogP contribution in [0.25, 0.3) is 0 Å². The van der Waals surface area contributed by atoms with Crippen LogP contribution in [0.2, 0.25) is 0 Å². The number of aliphatic hydroxyl groups excluding tert-OH is 2. The Morgan fingerprint density at radius 3 is 2.44 bits per heavy atom. The molecule has 4 atom stereocenters. The van der Waals surface area contributed by atoms with Gasteiger partial charge in [0.15, 0.2) is 0 Å². The fraction of sp³-hybridized carbons (Fsp3) is 0.320. The normalized spacial score (nSPS) is 20.1. The molecule has 2 aromatic carbocycles. The fourth-order valence-electron chi connectivity index (χ4n) is 3.82. The molecule has 10 nitrogen and oxygen atoms in total. The molecule has 0 aromatic heterocycles. The first kappa shape index (κ1) is 27.1. The number of benzene rings is 2. The van der Waals surface area contributed by atoms with E-state index in [1.165, 1.54) is 37.1 Å². The van der Waals surface area contributed by atoms with Crippen LogP contribution in [0.15, 0.2) is 59.0 Å². The lowest BCUT2D eigenvalue weighted by Crippen LogP contribution is -2.52. The highest BCUT2D eigenvalue weighted by atomic mass is 32.2. The van der Waals surface area contributed by atoms with Crippen LogP contribution in [0.3, 0.4) is 0 Å². The summed E-state index contributed by atoms with van der Waals surface area (Å²) in [6, 6.07) is 9.02. The Labute approximate surface area is 212 Å². The van der Waals surface area contributed by atoms with Crippen molar-refractivity contribution in [1.29, 1.82) is 0 Å². The van der Waals surface area contributed by atoms with Crippen LogP contribution in [0.5, 0.6) is 11.5 Å². The number of thioether (sulfide) groups is 1. The number of carbonyl (C=O) groups excluding carboxylic acids is 3. The number of nitrogens with two attached hydrogens (primary N) is 1. The molecule has 0 saturated heterocycles. The van der Waals surface area contributed by atoms with Crippen molar-refractivity contribution < 1.29 is 34.4 Å². The summed E-state index contributed by atoms with van der Waals surface area (Å²) in [6.45, 7) is 0. The number of phenols is 1. The summed E-state index contributed by atoms with van der Waals surface area (Å²) in [6.07, 6.45) is 0.462. The summed E-state index contributed by atoms with van der Waals surface area (Å²) in [4.78, 5) is 38.7. The van der Waals surface area contributed by atoms with Gasteiger partial charge in [-0.1, -0.05) is 18.2 Å². The maximum atomic E-state index is 12.9. The van der Waals surface area contributed by atoms with Crippen LogP contribution >= 0.6 is 11.8 Å². The van der Waals surface area contributed by atoms with E-state index >= 15 is 0 Å². The lowest BCUT2D eigenvalue weighted by molar-refractivity contribution is -0.125. The molecular formula is C25H29N3O7S. The number of primary amides is 1. The van der Waals surface area contributed by atoms with Crippen LogP contribution < -0.4 is 21.1 Å². The van der Waals surface area contributed by atoms with Crippen LogP contribution in [0.4, 0.5) is 0 Å². The largest absolute Gasteiger partial charge is 0.508 e. The van der Waals surface area contributed by atoms with E-state index in [9.17, 15) is 29.7 Å². The molecule has 0 unspecified atom stereocenters. The predicted octanol–water partition coefficient (Wildman–Crippen LogP) is 0.486. The zero-order chi connectivity index (χ0) is 26.4. The van der Waals surface area contributed by atoms with Gasteiger partial charge in [0, 0.05) is 23.3 Å². The monoisotopic (exact) mass is 515 g/mol. The summed E-state index contributed by atoms with van der Waals surface area (Å²) in [5.74, 6) is -1.59. The number of hydrogen-bond donors (Lipinski definition) is 6. The van der Waals surface area contributed by atoms with Crippen molar-refractivity contribution in [2.75, 3.05) is 13.4 Å². The van der Waals surface area contributed by atoms with Gasteiger partial charge >= 0.3 is 0 Å². The van der Waals surface area contributed by atoms with Gasteiger partial charge in [-0.3, -0.25) is 14.4 Å². The molecule has 11 heteroatoms. The SMILES string of the molecule is COc1cc(SC)ccc1C(=O)N[C@H]1C=C(C(=O)N[C@@H](Cc2ccc(O)cc2)C(N)=O)C[C@@H](O)[C@@H]1O. The minimum Gasteiger partial charge on any atom is -0.508 e. The van der Waals surface area contributed by atoms with Crippen molar-refractivity contribution in [3.05, 3.63) is 65.2 Å². The number of phenolic OH excluding ortho intramolecular Hbond substituents is 1. The van der Waals surface area contributed by atoms with Crippen molar-refractivity contribution >= 4 is 29.5 Å². The Kier molecular flexibility index (Phi) is 8.97. The number of ether oxygens (including phenoxy) is 1. The van der Waals surface area contributed by atoms with E-state index in [2.05, 4.69) is 10.6 Å². The van der Waals surface area contributed by atoms with Gasteiger partial charge in [0.1, 0.15) is 23.6 Å². The quantitative estimate of drug-likeness (QED) is 0.262. The summed E-state index contributed by atoms with van der Waals surface area (Å²) in [7, 11) is 1.44. The van der Waals surface area contributed by atoms with Crippen LogP contribution in [-0.4, -0.2) is 70.7 Å². The highest BCUT2D eigenvalue weighted by Crippen LogP contribution is 2.26. The lowest BCUT2D eigenvalue weighted by atomic mass is 9.89. The third-order valence-electron chi connectivity index (χ3n) is 5.84. The minimum absolute atomic E-state index is 0.0595. The number of aliphatic hydroxyl groups is 2. The maximum absolute atomic E-state index is 12.9. The molecule has 0 saturated carbocycles. The first-order valence-electron chi connectivity index (χ1n) is 11.1. The molecule has 1 aliphatic carbocycles. The predicted molar refractivity (Wildman–Crippen MR) is 134 cm³/mol. The molecule has 192 valence electrons. The van der Waals surface area contributed by atoms with Gasteiger partial charge in [-0.05, 0) is 42.2 Å². The summed E-state index contributed by atoms with van der Waals surface area (Å²) >= 11 is 1.48. The molecule has 0 heterocycles. The standard InChI is InChI=1S/C25H29N3O7S/c1-35-21-12-16(36-2)7-8-17(21)25(34)27-18-10-14(11-20(30)22(18)31)24(33)28-19(23(26)32)9-13-3-5-15(29)6-4-13/h3-8,10,12,18-20,22,29-31H,9,11H2,1-2H3,(H2,26,32)(H,27,34)(H,28,33)/t18-,19-,20+,22+/m0/s1. The first-order chi connectivity index (χ1) is 17.1. The Bertz CT molecular complexity index is 1150. The van der Waals surface area contributed by atoms with Crippen molar-refractivity contribution in [3.8, 4) is 11.5 Å². The molecule has 2 aromatic rings. The van der Waals surface area contributed by atoms with Gasteiger partial charge in [-0.15, -0.1) is 11.8 Å². The Morgan fingerprint density at radius 1 is 1.14 bits per heavy atom. The number of nitrogens with one attached hydrogen (secondary N) is 2. The molecule has 0 radical (unpaired) electrons. The van der Waals surface area contributed by atoms with Gasteiger partial charge in [0.25, 0.3) is 5.91 Å². The van der Waals surface area contributed by atoms with Crippen molar-refractivity contribution in [1.82, 2.24) is 10.6 Å². The van der Waals surface area contributed by atoms with Crippen LogP contribution in [0, 0.1) is 0 Å². The highest BCUT2D eigenvalue weighted by molar-refractivity contribution is 7.98. The molecule has 0 spiro atoms. The van der Waals surface area contributed by atoms with Gasteiger partial charge in [0.2, 0.25) is 11.8 Å². The third-order valence-corrected chi connectivity index (χ3v) is 6.56. The van der Waals surface area contributed by atoms with Crippen molar-refractivity contribution in [2.24, 2.45) is 5.73 Å². The van der Waals surface area contributed by atoms with Crippen LogP contribution in [-0.2, 0) is 16.0 Å². The minimum atomic E-state index is -1.36. The molecular weight excluding hydrogens is 486 g/mol. The number of carbonyl (C=O) groups is 3. The molecule has 7 N–H and O–H groups in total. The number of aromatic hydroxyl groups is 1. The molecule has 3 amide bonds. The fourth-order valence-corrected chi connectivity index (χ4v) is 4.25. The zero-order valence-electron chi connectivity index (χ0n) is 19.8. The number of hydrogen-bond acceptors (Lipinski definition) is 8. The first-order valence-corrected chi connectivity index (χ1v) is 12.3. The molecule has 36 heavy (non-hydrogen) atoms. The molecule has 0 fully saturated rings. The van der Waals surface area contributed by atoms with Gasteiger partial charge in [0.05, 0.1) is 24.8 Å².